The molecule has 0 amide bonds. The lowest BCUT2D eigenvalue weighted by Crippen LogP contribution is -2.33. The second kappa shape index (κ2) is 11.5. The first-order chi connectivity index (χ1) is 16.6. The molecule has 0 saturated carbocycles. The Morgan fingerprint density at radius 3 is 2.09 bits per heavy atom. The van der Waals surface area contributed by atoms with Crippen molar-refractivity contribution in [1.82, 2.24) is 4.31 Å². The van der Waals surface area contributed by atoms with E-state index in [1.165, 1.54) is 42.8 Å². The predicted molar refractivity (Wildman–Crippen MR) is 131 cm³/mol. The average Bonchev–Trinajstić information content (AvgIpc) is 2.82. The first-order valence-electron chi connectivity index (χ1n) is 10.2. The Morgan fingerprint density at radius 2 is 1.49 bits per heavy atom. The van der Waals surface area contributed by atoms with Crippen LogP contribution < -0.4 is 8.92 Å². The summed E-state index contributed by atoms with van der Waals surface area (Å²) in [6.07, 6.45) is 0. The molecule has 35 heavy (non-hydrogen) atoms. The number of methoxy groups -OCH3 is 2. The van der Waals surface area contributed by atoms with Gasteiger partial charge in [-0.25, -0.2) is 12.8 Å². The van der Waals surface area contributed by atoms with Gasteiger partial charge in [0.05, 0.1) is 18.6 Å². The molecular formula is C23H23BrFNO7S2. The van der Waals surface area contributed by atoms with Gasteiger partial charge >= 0.3 is 10.1 Å². The molecule has 0 aromatic heterocycles. The third-order valence-corrected chi connectivity index (χ3v) is 8.52. The van der Waals surface area contributed by atoms with Gasteiger partial charge in [0, 0.05) is 24.7 Å². The topological polar surface area (TPSA) is 99.2 Å². The largest absolute Gasteiger partial charge is 0.493 e. The van der Waals surface area contributed by atoms with Crippen LogP contribution in [-0.4, -0.2) is 48.5 Å². The highest BCUT2D eigenvalue weighted by Crippen LogP contribution is 2.32. The van der Waals surface area contributed by atoms with Crippen LogP contribution in [0.5, 0.6) is 11.5 Å². The minimum absolute atomic E-state index is 0.0605. The van der Waals surface area contributed by atoms with E-state index in [4.69, 9.17) is 13.7 Å². The Morgan fingerprint density at radius 1 is 0.857 bits per heavy atom. The van der Waals surface area contributed by atoms with E-state index < -0.39 is 26.0 Å². The lowest BCUT2D eigenvalue weighted by molar-refractivity contribution is 0.177. The normalized spacial score (nSPS) is 12.0. The van der Waals surface area contributed by atoms with Crippen molar-refractivity contribution in [1.29, 1.82) is 0 Å². The van der Waals surface area contributed by atoms with Gasteiger partial charge in [0.1, 0.15) is 10.7 Å². The van der Waals surface area contributed by atoms with Crippen molar-refractivity contribution in [2.45, 2.75) is 16.3 Å². The molecule has 0 radical (unpaired) electrons. The molecule has 0 fully saturated rings. The summed E-state index contributed by atoms with van der Waals surface area (Å²) in [6.45, 7) is 0.123. The van der Waals surface area contributed by atoms with Crippen LogP contribution in [0.25, 0.3) is 0 Å². The molecule has 0 heterocycles. The van der Waals surface area contributed by atoms with E-state index in [0.717, 1.165) is 28.7 Å². The molecule has 0 aliphatic carbocycles. The number of hydrogen-bond donors (Lipinski definition) is 0. The molecule has 0 aliphatic heterocycles. The average molecular weight is 588 g/mol. The highest BCUT2D eigenvalue weighted by molar-refractivity contribution is 9.10. The zero-order valence-electron chi connectivity index (χ0n) is 18.8. The highest BCUT2D eigenvalue weighted by Gasteiger charge is 2.26. The fraction of sp³-hybridized carbons (Fsp3) is 0.217. The molecular weight excluding hydrogens is 565 g/mol. The standard InChI is InChI=1S/C23H23BrFNO7S2/c1-31-14-13-26(34(27,28)20-8-4-18(24)5-9-20)16-17-3-12-22(32-2)23(15-17)33-35(29,30)21-10-6-19(25)7-11-21/h3-12,15H,13-14,16H2,1-2H3. The lowest BCUT2D eigenvalue weighted by atomic mass is 10.2. The monoisotopic (exact) mass is 587 g/mol. The second-order valence-electron chi connectivity index (χ2n) is 7.26. The van der Waals surface area contributed by atoms with Gasteiger partial charge in [-0.15, -0.1) is 0 Å². The van der Waals surface area contributed by atoms with E-state index in [-0.39, 0.29) is 41.0 Å². The van der Waals surface area contributed by atoms with Crippen molar-refractivity contribution >= 4 is 36.1 Å². The van der Waals surface area contributed by atoms with Gasteiger partial charge in [0.2, 0.25) is 10.0 Å². The number of nitrogens with zero attached hydrogens (tertiary/aromatic N) is 1. The predicted octanol–water partition coefficient (Wildman–Crippen LogP) is 4.20. The Kier molecular flexibility index (Phi) is 8.89. The number of halogens is 2. The Balaban J connectivity index is 1.93. The quantitative estimate of drug-likeness (QED) is 0.310. The molecule has 3 aromatic carbocycles. The molecule has 0 N–H and O–H groups in total. The fourth-order valence-electron chi connectivity index (χ4n) is 3.09. The molecule has 188 valence electrons. The summed E-state index contributed by atoms with van der Waals surface area (Å²) in [5.74, 6) is -0.604. The summed E-state index contributed by atoms with van der Waals surface area (Å²) in [5, 5.41) is 0. The van der Waals surface area contributed by atoms with Crippen molar-refractivity contribution < 1.29 is 34.9 Å². The minimum atomic E-state index is -4.30. The summed E-state index contributed by atoms with van der Waals surface area (Å²) < 4.78 is 82.7. The first kappa shape index (κ1) is 27.1. The molecule has 0 spiro atoms. The van der Waals surface area contributed by atoms with E-state index in [2.05, 4.69) is 15.9 Å². The maximum absolute atomic E-state index is 13.3. The first-order valence-corrected chi connectivity index (χ1v) is 13.8. The summed E-state index contributed by atoms with van der Waals surface area (Å²) in [7, 11) is -5.39. The third-order valence-electron chi connectivity index (χ3n) is 4.88. The molecule has 3 rings (SSSR count). The number of hydrogen-bond acceptors (Lipinski definition) is 7. The van der Waals surface area contributed by atoms with Gasteiger partial charge in [0.15, 0.2) is 11.5 Å². The van der Waals surface area contributed by atoms with Crippen molar-refractivity contribution in [2.24, 2.45) is 0 Å². The van der Waals surface area contributed by atoms with Crippen LogP contribution >= 0.6 is 15.9 Å². The summed E-state index contributed by atoms with van der Waals surface area (Å²) in [4.78, 5) is -0.147. The Bertz CT molecular complexity index is 1360. The number of sulfonamides is 1. The smallest absolute Gasteiger partial charge is 0.339 e. The maximum atomic E-state index is 13.3. The van der Waals surface area contributed by atoms with Crippen LogP contribution in [0.4, 0.5) is 4.39 Å². The van der Waals surface area contributed by atoms with Crippen LogP contribution in [0, 0.1) is 5.82 Å². The molecule has 0 atom stereocenters. The minimum Gasteiger partial charge on any atom is -0.493 e. The van der Waals surface area contributed by atoms with Crippen LogP contribution in [0.3, 0.4) is 0 Å². The van der Waals surface area contributed by atoms with E-state index in [0.29, 0.717) is 5.56 Å². The van der Waals surface area contributed by atoms with E-state index in [1.54, 1.807) is 18.2 Å². The Labute approximate surface area is 212 Å². The van der Waals surface area contributed by atoms with Crippen molar-refractivity contribution in [3.05, 3.63) is 82.6 Å². The summed E-state index contributed by atoms with van der Waals surface area (Å²) >= 11 is 3.29. The molecule has 0 saturated heterocycles. The van der Waals surface area contributed by atoms with Crippen LogP contribution in [0.15, 0.2) is 81.0 Å². The van der Waals surface area contributed by atoms with Crippen LogP contribution in [0.2, 0.25) is 0 Å². The fourth-order valence-corrected chi connectivity index (χ4v) is 5.70. The maximum Gasteiger partial charge on any atom is 0.339 e. The molecule has 3 aromatic rings. The molecule has 8 nitrogen and oxygen atoms in total. The van der Waals surface area contributed by atoms with Gasteiger partial charge < -0.3 is 13.7 Å². The zero-order valence-corrected chi connectivity index (χ0v) is 22.1. The number of rotatable bonds is 11. The number of ether oxygens (including phenoxy) is 2. The molecule has 12 heteroatoms. The number of benzene rings is 3. The van der Waals surface area contributed by atoms with Gasteiger partial charge in [-0.2, -0.15) is 12.7 Å². The van der Waals surface area contributed by atoms with Crippen LogP contribution in [-0.2, 0) is 31.4 Å². The van der Waals surface area contributed by atoms with E-state index >= 15 is 0 Å². The lowest BCUT2D eigenvalue weighted by Gasteiger charge is -2.22. The van der Waals surface area contributed by atoms with Gasteiger partial charge in [-0.1, -0.05) is 22.0 Å². The van der Waals surface area contributed by atoms with Crippen LogP contribution in [0.1, 0.15) is 5.56 Å². The highest BCUT2D eigenvalue weighted by atomic mass is 79.9. The van der Waals surface area contributed by atoms with Crippen molar-refractivity contribution in [3.63, 3.8) is 0 Å². The van der Waals surface area contributed by atoms with Gasteiger partial charge in [0.25, 0.3) is 0 Å². The summed E-state index contributed by atoms with van der Waals surface area (Å²) in [5.41, 5.74) is 0.451. The van der Waals surface area contributed by atoms with Crippen molar-refractivity contribution in [2.75, 3.05) is 27.4 Å². The zero-order chi connectivity index (χ0) is 25.6. The van der Waals surface area contributed by atoms with Gasteiger partial charge in [-0.3, -0.25) is 0 Å². The van der Waals surface area contributed by atoms with E-state index in [9.17, 15) is 21.2 Å². The molecule has 0 bridgehead atoms. The van der Waals surface area contributed by atoms with E-state index in [1.807, 2.05) is 0 Å². The van der Waals surface area contributed by atoms with Crippen molar-refractivity contribution in [3.8, 4) is 11.5 Å². The third kappa shape index (κ3) is 6.79. The second-order valence-corrected chi connectivity index (χ2v) is 11.7. The SMILES string of the molecule is COCCN(Cc1ccc(OC)c(OS(=O)(=O)c2ccc(F)cc2)c1)S(=O)(=O)c1ccc(Br)cc1. The summed E-state index contributed by atoms with van der Waals surface area (Å²) in [6, 6.07) is 14.9. The molecule has 0 unspecified atom stereocenters. The Hall–Kier alpha value is -2.51. The molecule has 0 aliphatic rings. The van der Waals surface area contributed by atoms with Gasteiger partial charge in [-0.05, 0) is 66.2 Å².